The fraction of sp³-hybridized carbons (Fsp3) is 0.333. The Morgan fingerprint density at radius 3 is 2.63 bits per heavy atom. The molecule has 2 unspecified atom stereocenters. The summed E-state index contributed by atoms with van der Waals surface area (Å²) in [7, 11) is 0. The highest BCUT2D eigenvalue weighted by Gasteiger charge is 2.44. The van der Waals surface area contributed by atoms with Crippen molar-refractivity contribution >= 4 is 23.2 Å². The molecule has 2 amide bonds. The van der Waals surface area contributed by atoms with Gasteiger partial charge in [0.2, 0.25) is 5.91 Å². The van der Waals surface area contributed by atoms with E-state index in [4.69, 9.17) is 0 Å². The molecule has 3 N–H and O–H groups in total. The molecule has 0 spiro atoms. The summed E-state index contributed by atoms with van der Waals surface area (Å²) in [5.41, 5.74) is 7.85. The molecule has 0 radical (unpaired) electrons. The number of fused-ring (bicyclic) bond motifs is 3. The van der Waals surface area contributed by atoms with E-state index < -0.39 is 0 Å². The smallest absolute Gasteiger partial charge is 0.251 e. The second-order valence-electron chi connectivity index (χ2n) is 7.53. The van der Waals surface area contributed by atoms with Crippen molar-refractivity contribution in [2.24, 2.45) is 5.92 Å². The molecule has 4 rings (SSSR count). The van der Waals surface area contributed by atoms with Crippen LogP contribution in [-0.2, 0) is 4.79 Å². The predicted molar refractivity (Wildman–Crippen MR) is 106 cm³/mol. The summed E-state index contributed by atoms with van der Waals surface area (Å²) in [5, 5.41) is 7.88. The molecule has 0 aliphatic carbocycles. The molecule has 2 heterocycles. The van der Waals surface area contributed by atoms with E-state index in [9.17, 15) is 9.59 Å². The Kier molecular flexibility index (Phi) is 4.36. The first-order chi connectivity index (χ1) is 12.9. The number of aryl methyl sites for hydroxylation is 1. The van der Waals surface area contributed by atoms with E-state index >= 15 is 0 Å². The van der Waals surface area contributed by atoms with Crippen molar-refractivity contribution in [3.8, 4) is 0 Å². The van der Waals surface area contributed by atoms with E-state index in [2.05, 4.69) is 16.1 Å². The maximum absolute atomic E-state index is 12.9. The first kappa shape index (κ1) is 17.5. The van der Waals surface area contributed by atoms with Gasteiger partial charge >= 0.3 is 0 Å². The number of hydrogen-bond donors (Lipinski definition) is 3. The zero-order valence-corrected chi connectivity index (χ0v) is 15.7. The molecule has 6 heteroatoms. The SMILES string of the molecule is Cc1ccc(N2NC3c4cc(C(=O)NC(C)C)ccc4NCC3C2=O)cc1. The van der Waals surface area contributed by atoms with Crippen LogP contribution in [0.15, 0.2) is 42.5 Å². The number of rotatable bonds is 3. The van der Waals surface area contributed by atoms with E-state index in [1.54, 1.807) is 5.01 Å². The van der Waals surface area contributed by atoms with Gasteiger partial charge in [-0.05, 0) is 56.7 Å². The Balaban J connectivity index is 1.65. The Morgan fingerprint density at radius 1 is 1.19 bits per heavy atom. The number of hydrazine groups is 1. The highest BCUT2D eigenvalue weighted by Crippen LogP contribution is 2.39. The van der Waals surface area contributed by atoms with E-state index in [1.807, 2.05) is 63.2 Å². The quantitative estimate of drug-likeness (QED) is 0.783. The van der Waals surface area contributed by atoms with E-state index in [0.29, 0.717) is 12.1 Å². The van der Waals surface area contributed by atoms with Gasteiger partial charge < -0.3 is 10.6 Å². The average Bonchev–Trinajstić information content (AvgIpc) is 2.98. The first-order valence-electron chi connectivity index (χ1n) is 9.29. The molecule has 6 nitrogen and oxygen atoms in total. The minimum atomic E-state index is -0.206. The largest absolute Gasteiger partial charge is 0.384 e. The Morgan fingerprint density at radius 2 is 1.93 bits per heavy atom. The number of hydrogen-bond acceptors (Lipinski definition) is 4. The van der Waals surface area contributed by atoms with Crippen LogP contribution in [0.4, 0.5) is 11.4 Å². The number of anilines is 2. The normalized spacial score (nSPS) is 20.9. The van der Waals surface area contributed by atoms with Gasteiger partial charge in [-0.3, -0.25) is 9.59 Å². The van der Waals surface area contributed by atoms with Crippen LogP contribution in [0.5, 0.6) is 0 Å². The molecule has 2 aromatic rings. The van der Waals surface area contributed by atoms with Gasteiger partial charge in [0.25, 0.3) is 5.91 Å². The van der Waals surface area contributed by atoms with Crippen LogP contribution < -0.4 is 21.1 Å². The summed E-state index contributed by atoms with van der Waals surface area (Å²) in [6.45, 7) is 6.46. The van der Waals surface area contributed by atoms with Crippen LogP contribution in [0.3, 0.4) is 0 Å². The van der Waals surface area contributed by atoms with Crippen LogP contribution in [0, 0.1) is 12.8 Å². The zero-order chi connectivity index (χ0) is 19.1. The lowest BCUT2D eigenvalue weighted by molar-refractivity contribution is -0.120. The van der Waals surface area contributed by atoms with E-state index in [0.717, 1.165) is 22.5 Å². The molecule has 2 aliphatic heterocycles. The van der Waals surface area contributed by atoms with Crippen LogP contribution in [0.2, 0.25) is 0 Å². The van der Waals surface area contributed by atoms with Crippen molar-refractivity contribution in [1.82, 2.24) is 10.7 Å². The van der Waals surface area contributed by atoms with Crippen molar-refractivity contribution < 1.29 is 9.59 Å². The minimum Gasteiger partial charge on any atom is -0.384 e. The lowest BCUT2D eigenvalue weighted by Crippen LogP contribution is -2.35. The van der Waals surface area contributed by atoms with Crippen molar-refractivity contribution in [1.29, 1.82) is 0 Å². The van der Waals surface area contributed by atoms with Crippen LogP contribution in [0.25, 0.3) is 0 Å². The molecular weight excluding hydrogens is 340 g/mol. The van der Waals surface area contributed by atoms with Crippen molar-refractivity contribution in [3.05, 3.63) is 59.2 Å². The standard InChI is InChI=1S/C21H24N4O2/c1-12(2)23-20(26)14-6-9-18-16(10-14)19-17(11-22-18)21(27)25(24-19)15-7-4-13(3)5-8-15/h4-10,12,17,19,22,24H,11H2,1-3H3,(H,23,26). The molecule has 1 fully saturated rings. The molecule has 0 bridgehead atoms. The molecule has 27 heavy (non-hydrogen) atoms. The number of nitrogens with one attached hydrogen (secondary N) is 3. The Bertz CT molecular complexity index is 892. The topological polar surface area (TPSA) is 73.5 Å². The molecule has 2 aliphatic rings. The monoisotopic (exact) mass is 364 g/mol. The minimum absolute atomic E-state index is 0.0408. The highest BCUT2D eigenvalue weighted by atomic mass is 16.2. The lowest BCUT2D eigenvalue weighted by Gasteiger charge is -2.27. The van der Waals surface area contributed by atoms with Gasteiger partial charge in [-0.25, -0.2) is 10.4 Å². The van der Waals surface area contributed by atoms with E-state index in [-0.39, 0.29) is 29.8 Å². The third kappa shape index (κ3) is 3.17. The predicted octanol–water partition coefficient (Wildman–Crippen LogP) is 2.77. The fourth-order valence-electron chi connectivity index (χ4n) is 3.68. The summed E-state index contributed by atoms with van der Waals surface area (Å²) in [4.78, 5) is 25.3. The van der Waals surface area contributed by atoms with Gasteiger partial charge in [0.05, 0.1) is 17.6 Å². The lowest BCUT2D eigenvalue weighted by atomic mass is 9.88. The molecule has 0 aromatic heterocycles. The molecule has 0 saturated carbocycles. The highest BCUT2D eigenvalue weighted by molar-refractivity contribution is 5.99. The second kappa shape index (κ2) is 6.70. The maximum Gasteiger partial charge on any atom is 0.251 e. The number of carbonyl (C=O) groups is 2. The van der Waals surface area contributed by atoms with Crippen molar-refractivity contribution in [3.63, 3.8) is 0 Å². The molecular formula is C21H24N4O2. The number of amides is 2. The van der Waals surface area contributed by atoms with Gasteiger partial charge in [0.15, 0.2) is 0 Å². The van der Waals surface area contributed by atoms with Gasteiger partial charge in [-0.2, -0.15) is 0 Å². The van der Waals surface area contributed by atoms with Crippen LogP contribution in [0.1, 0.15) is 41.4 Å². The summed E-state index contributed by atoms with van der Waals surface area (Å²) >= 11 is 0. The first-order valence-corrected chi connectivity index (χ1v) is 9.29. The molecule has 2 atom stereocenters. The van der Waals surface area contributed by atoms with Crippen LogP contribution >= 0.6 is 0 Å². The van der Waals surface area contributed by atoms with Gasteiger partial charge in [0, 0.05) is 23.8 Å². The summed E-state index contributed by atoms with van der Waals surface area (Å²) in [6.07, 6.45) is 0. The second-order valence-corrected chi connectivity index (χ2v) is 7.53. The molecule has 140 valence electrons. The fourth-order valence-corrected chi connectivity index (χ4v) is 3.68. The van der Waals surface area contributed by atoms with E-state index in [1.165, 1.54) is 0 Å². The Labute approximate surface area is 158 Å². The molecule has 2 aromatic carbocycles. The summed E-state index contributed by atoms with van der Waals surface area (Å²) < 4.78 is 0. The number of nitrogens with zero attached hydrogens (tertiary/aromatic N) is 1. The third-order valence-electron chi connectivity index (χ3n) is 5.08. The molecule has 1 saturated heterocycles. The number of carbonyl (C=O) groups excluding carboxylic acids is 2. The average molecular weight is 364 g/mol. The summed E-state index contributed by atoms with van der Waals surface area (Å²) in [6, 6.07) is 13.4. The van der Waals surface area contributed by atoms with Gasteiger partial charge in [-0.15, -0.1) is 0 Å². The number of benzene rings is 2. The zero-order valence-electron chi connectivity index (χ0n) is 15.7. The van der Waals surface area contributed by atoms with Gasteiger partial charge in [-0.1, -0.05) is 17.7 Å². The van der Waals surface area contributed by atoms with Crippen LogP contribution in [-0.4, -0.2) is 24.4 Å². The summed E-state index contributed by atoms with van der Waals surface area (Å²) in [5.74, 6) is -0.268. The Hall–Kier alpha value is -2.86. The van der Waals surface area contributed by atoms with Gasteiger partial charge in [0.1, 0.15) is 0 Å². The van der Waals surface area contributed by atoms with Crippen molar-refractivity contribution in [2.75, 3.05) is 16.9 Å². The third-order valence-corrected chi connectivity index (χ3v) is 5.08. The maximum atomic E-state index is 12.9. The van der Waals surface area contributed by atoms with Crippen molar-refractivity contribution in [2.45, 2.75) is 32.9 Å².